The number of rotatable bonds is 7. The minimum Gasteiger partial charge on any atom is -0.493 e. The predicted octanol–water partition coefficient (Wildman–Crippen LogP) is 5.26. The minimum atomic E-state index is -1.73. The Labute approximate surface area is 197 Å². The Balaban J connectivity index is 1.36. The summed E-state index contributed by atoms with van der Waals surface area (Å²) in [5.41, 5.74) is 2.08. The number of hydrogen-bond acceptors (Lipinski definition) is 4. The van der Waals surface area contributed by atoms with Gasteiger partial charge in [-0.15, -0.1) is 0 Å². The van der Waals surface area contributed by atoms with E-state index in [1.54, 1.807) is 48.7 Å². The number of Topliss-reactive ketones (excluding diaryl/α,β-unsaturated/α-hetero) is 1. The largest absolute Gasteiger partial charge is 0.493 e. The first-order chi connectivity index (χ1) is 16.4. The highest BCUT2D eigenvalue weighted by Crippen LogP contribution is 2.37. The van der Waals surface area contributed by atoms with Crippen LogP contribution in [0.25, 0.3) is 10.9 Å². The first kappa shape index (κ1) is 21.8. The number of carboxylic acid groups (broad SMARTS) is 1. The summed E-state index contributed by atoms with van der Waals surface area (Å²) < 4.78 is 11.8. The zero-order valence-electron chi connectivity index (χ0n) is 19.0. The molecule has 0 saturated heterocycles. The Kier molecular flexibility index (Phi) is 5.36. The molecular weight excluding hydrogens is 430 g/mol. The van der Waals surface area contributed by atoms with Crippen molar-refractivity contribution in [2.45, 2.75) is 25.2 Å². The van der Waals surface area contributed by atoms with Gasteiger partial charge in [-0.1, -0.05) is 30.3 Å². The van der Waals surface area contributed by atoms with Crippen LogP contribution in [0.15, 0.2) is 72.9 Å². The fourth-order valence-corrected chi connectivity index (χ4v) is 4.65. The van der Waals surface area contributed by atoms with Gasteiger partial charge >= 0.3 is 5.97 Å². The van der Waals surface area contributed by atoms with E-state index in [9.17, 15) is 14.7 Å². The van der Waals surface area contributed by atoms with Crippen molar-refractivity contribution in [2.75, 3.05) is 13.2 Å². The molecule has 2 heterocycles. The summed E-state index contributed by atoms with van der Waals surface area (Å²) in [6.45, 7) is 4.51. The molecule has 5 rings (SSSR count). The lowest BCUT2D eigenvalue weighted by Gasteiger charge is -2.25. The van der Waals surface area contributed by atoms with Crippen molar-refractivity contribution in [1.29, 1.82) is 0 Å². The number of ketones is 1. The number of aliphatic carboxylic acids is 1. The first-order valence-corrected chi connectivity index (χ1v) is 11.2. The van der Waals surface area contributed by atoms with Gasteiger partial charge in [0.25, 0.3) is 0 Å². The van der Waals surface area contributed by atoms with E-state index in [2.05, 4.69) is 11.1 Å². The van der Waals surface area contributed by atoms with Crippen LogP contribution in [0.1, 0.15) is 39.9 Å². The summed E-state index contributed by atoms with van der Waals surface area (Å²) >= 11 is 0. The lowest BCUT2D eigenvalue weighted by molar-refractivity contribution is -0.141. The number of aryl methyl sites for hydroxylation is 1. The van der Waals surface area contributed by atoms with Gasteiger partial charge < -0.3 is 19.6 Å². The van der Waals surface area contributed by atoms with Crippen molar-refractivity contribution in [3.05, 3.63) is 95.2 Å². The summed E-state index contributed by atoms with van der Waals surface area (Å²) in [5.74, 6) is 0.00812. The smallest absolute Gasteiger partial charge is 0.321 e. The molecule has 2 N–H and O–H groups in total. The highest BCUT2D eigenvalue weighted by Gasteiger charge is 2.44. The van der Waals surface area contributed by atoms with E-state index in [4.69, 9.17) is 9.47 Å². The zero-order chi connectivity index (χ0) is 23.9. The van der Waals surface area contributed by atoms with Gasteiger partial charge in [0.2, 0.25) is 0 Å². The number of aromatic nitrogens is 1. The van der Waals surface area contributed by atoms with E-state index in [1.165, 1.54) is 6.92 Å². The molecule has 0 fully saturated rings. The number of aromatic amines is 1. The van der Waals surface area contributed by atoms with Crippen LogP contribution >= 0.6 is 0 Å². The zero-order valence-corrected chi connectivity index (χ0v) is 19.0. The fourth-order valence-electron chi connectivity index (χ4n) is 4.65. The van der Waals surface area contributed by atoms with Crippen molar-refractivity contribution in [1.82, 2.24) is 4.98 Å². The second-order valence-corrected chi connectivity index (χ2v) is 8.84. The molecule has 0 aliphatic carbocycles. The molecule has 0 spiro atoms. The lowest BCUT2D eigenvalue weighted by Crippen LogP contribution is -2.41. The number of fused-ring (bicyclic) bond motifs is 2. The summed E-state index contributed by atoms with van der Waals surface area (Å²) in [5, 5.41) is 10.8. The second-order valence-electron chi connectivity index (χ2n) is 8.84. The molecule has 0 saturated carbocycles. The number of carbonyl (C=O) groups excluding carboxylic acids is 1. The van der Waals surface area contributed by atoms with Crippen LogP contribution < -0.4 is 9.47 Å². The Bertz CT molecular complexity index is 1390. The van der Waals surface area contributed by atoms with Crippen LogP contribution in [0, 0.1) is 6.92 Å². The van der Waals surface area contributed by atoms with Gasteiger partial charge in [0.1, 0.15) is 11.5 Å². The number of H-pyrrole nitrogens is 1. The molecule has 1 aliphatic heterocycles. The second kappa shape index (κ2) is 8.37. The Morgan fingerprint density at radius 3 is 2.62 bits per heavy atom. The molecular formula is C28H25NO5. The molecule has 3 aromatic carbocycles. The summed E-state index contributed by atoms with van der Waals surface area (Å²) in [7, 11) is 0. The molecule has 6 nitrogen and oxygen atoms in total. The molecule has 1 unspecified atom stereocenters. The highest BCUT2D eigenvalue weighted by atomic mass is 16.5. The number of para-hydroxylation sites is 1. The van der Waals surface area contributed by atoms with Crippen molar-refractivity contribution in [3.8, 4) is 11.5 Å². The van der Waals surface area contributed by atoms with E-state index in [1.807, 2.05) is 25.1 Å². The molecule has 0 radical (unpaired) electrons. The molecule has 34 heavy (non-hydrogen) atoms. The molecule has 1 aromatic heterocycles. The number of carboxylic acids is 1. The topological polar surface area (TPSA) is 88.6 Å². The third-order valence-corrected chi connectivity index (χ3v) is 6.69. The third-order valence-electron chi connectivity index (χ3n) is 6.69. The Hall–Kier alpha value is -4.06. The highest BCUT2D eigenvalue weighted by molar-refractivity contribution is 6.18. The van der Waals surface area contributed by atoms with E-state index >= 15 is 0 Å². The standard InChI is InChI=1S/C28H25NO5/c1-17-5-3-6-21-19(16-34-25(17)21)15-33-20-11-9-18(10-12-20)26(30)28(2,27(31)32)23-7-4-8-24-22(23)13-14-29-24/h3-14,19,29H,15-16H2,1-2H3,(H,31,32)/t19-,28?/m1/s1. The molecule has 1 aliphatic rings. The van der Waals surface area contributed by atoms with E-state index in [0.29, 0.717) is 30.1 Å². The number of benzene rings is 3. The van der Waals surface area contributed by atoms with Gasteiger partial charge in [-0.3, -0.25) is 9.59 Å². The maximum Gasteiger partial charge on any atom is 0.321 e. The summed E-state index contributed by atoms with van der Waals surface area (Å²) in [6, 6.07) is 19.9. The van der Waals surface area contributed by atoms with E-state index in [0.717, 1.165) is 27.8 Å². The predicted molar refractivity (Wildman–Crippen MR) is 129 cm³/mol. The van der Waals surface area contributed by atoms with Gasteiger partial charge in [0.05, 0.1) is 19.1 Å². The molecule has 0 bridgehead atoms. The maximum atomic E-state index is 13.5. The number of ether oxygens (including phenoxy) is 2. The summed E-state index contributed by atoms with van der Waals surface area (Å²) in [4.78, 5) is 28.9. The van der Waals surface area contributed by atoms with Crippen LogP contribution in [0.5, 0.6) is 11.5 Å². The third kappa shape index (κ3) is 3.52. The van der Waals surface area contributed by atoms with Gasteiger partial charge in [-0.05, 0) is 61.4 Å². The normalized spacial score (nSPS) is 16.5. The van der Waals surface area contributed by atoms with Crippen LogP contribution in [0.2, 0.25) is 0 Å². The van der Waals surface area contributed by atoms with E-state index < -0.39 is 17.2 Å². The van der Waals surface area contributed by atoms with Gasteiger partial charge in [0.15, 0.2) is 11.2 Å². The van der Waals surface area contributed by atoms with Crippen LogP contribution in [-0.2, 0) is 10.2 Å². The number of hydrogen-bond donors (Lipinski definition) is 2. The Morgan fingerprint density at radius 2 is 1.85 bits per heavy atom. The quantitative estimate of drug-likeness (QED) is 0.293. The summed E-state index contributed by atoms with van der Waals surface area (Å²) in [6.07, 6.45) is 1.74. The molecule has 172 valence electrons. The number of carbonyl (C=O) groups is 2. The Morgan fingerprint density at radius 1 is 1.09 bits per heavy atom. The van der Waals surface area contributed by atoms with Crippen molar-refractivity contribution in [2.24, 2.45) is 0 Å². The lowest BCUT2D eigenvalue weighted by atomic mass is 9.75. The average molecular weight is 456 g/mol. The van der Waals surface area contributed by atoms with Crippen LogP contribution in [0.3, 0.4) is 0 Å². The first-order valence-electron chi connectivity index (χ1n) is 11.2. The van der Waals surface area contributed by atoms with Crippen molar-refractivity contribution >= 4 is 22.7 Å². The van der Waals surface area contributed by atoms with Gasteiger partial charge in [0, 0.05) is 28.2 Å². The van der Waals surface area contributed by atoms with E-state index in [-0.39, 0.29) is 5.92 Å². The monoisotopic (exact) mass is 455 g/mol. The molecule has 2 atom stereocenters. The molecule has 0 amide bonds. The fraction of sp³-hybridized carbons (Fsp3) is 0.214. The molecule has 6 heteroatoms. The maximum absolute atomic E-state index is 13.5. The van der Waals surface area contributed by atoms with Crippen LogP contribution in [0.4, 0.5) is 0 Å². The SMILES string of the molecule is Cc1cccc2c1OC[C@H]2COc1ccc(C(=O)C(C)(C(=O)O)c2cccc3[nH]ccc23)cc1. The van der Waals surface area contributed by atoms with Crippen molar-refractivity contribution < 1.29 is 24.2 Å². The molecule has 4 aromatic rings. The average Bonchev–Trinajstić information content (AvgIpc) is 3.49. The van der Waals surface area contributed by atoms with Crippen molar-refractivity contribution in [3.63, 3.8) is 0 Å². The number of nitrogens with one attached hydrogen (secondary N) is 1. The minimum absolute atomic E-state index is 0.133. The van der Waals surface area contributed by atoms with Gasteiger partial charge in [-0.2, -0.15) is 0 Å². The van der Waals surface area contributed by atoms with Crippen LogP contribution in [-0.4, -0.2) is 35.1 Å². The van der Waals surface area contributed by atoms with Gasteiger partial charge in [-0.25, -0.2) is 0 Å².